The summed E-state index contributed by atoms with van der Waals surface area (Å²) >= 11 is 0. The number of hydrogen-bond acceptors (Lipinski definition) is 4. The third-order valence-electron chi connectivity index (χ3n) is 5.12. The lowest BCUT2D eigenvalue weighted by atomic mass is 9.80. The minimum Gasteiger partial charge on any atom is -0.479 e. The number of hydrogen-bond donors (Lipinski definition) is 2. The molecule has 3 rings (SSSR count). The first-order valence-corrected chi connectivity index (χ1v) is 9.49. The SMILES string of the molecule is COc1nccnc1-c1cc(NC(=O)NC2CC(C)CC(C)C2)ccc1C. The highest BCUT2D eigenvalue weighted by molar-refractivity contribution is 5.90. The molecule has 2 unspecified atom stereocenters. The van der Waals surface area contributed by atoms with Crippen LogP contribution in [0.5, 0.6) is 5.88 Å². The van der Waals surface area contributed by atoms with Gasteiger partial charge in [0, 0.05) is 29.7 Å². The smallest absolute Gasteiger partial charge is 0.319 e. The van der Waals surface area contributed by atoms with Gasteiger partial charge in [-0.3, -0.25) is 0 Å². The van der Waals surface area contributed by atoms with Gasteiger partial charge in [-0.05, 0) is 55.7 Å². The first kappa shape index (κ1) is 19.1. The Morgan fingerprint density at radius 2 is 1.81 bits per heavy atom. The van der Waals surface area contributed by atoms with Crippen molar-refractivity contribution in [1.82, 2.24) is 15.3 Å². The van der Waals surface area contributed by atoms with Gasteiger partial charge in [-0.15, -0.1) is 0 Å². The first-order chi connectivity index (χ1) is 13.0. The molecule has 1 saturated carbocycles. The van der Waals surface area contributed by atoms with Gasteiger partial charge in [0.05, 0.1) is 7.11 Å². The highest BCUT2D eigenvalue weighted by Crippen LogP contribution is 2.31. The molecule has 1 aliphatic rings. The minimum atomic E-state index is -0.165. The predicted octanol–water partition coefficient (Wildman–Crippen LogP) is 4.41. The highest BCUT2D eigenvalue weighted by atomic mass is 16.5. The van der Waals surface area contributed by atoms with Crippen LogP contribution in [0.1, 0.15) is 38.7 Å². The second-order valence-electron chi connectivity index (χ2n) is 7.66. The van der Waals surface area contributed by atoms with Crippen LogP contribution in [0.2, 0.25) is 0 Å². The lowest BCUT2D eigenvalue weighted by molar-refractivity contribution is 0.222. The Bertz CT molecular complexity index is 799. The monoisotopic (exact) mass is 368 g/mol. The third-order valence-corrected chi connectivity index (χ3v) is 5.12. The van der Waals surface area contributed by atoms with E-state index in [0.29, 0.717) is 23.4 Å². The molecule has 0 bridgehead atoms. The van der Waals surface area contributed by atoms with Crippen LogP contribution in [0.25, 0.3) is 11.3 Å². The number of methoxy groups -OCH3 is 1. The van der Waals surface area contributed by atoms with Gasteiger partial charge in [0.25, 0.3) is 0 Å². The molecule has 2 aromatic rings. The van der Waals surface area contributed by atoms with Crippen molar-refractivity contribution < 1.29 is 9.53 Å². The molecule has 0 radical (unpaired) electrons. The summed E-state index contributed by atoms with van der Waals surface area (Å²) in [4.78, 5) is 21.1. The summed E-state index contributed by atoms with van der Waals surface area (Å²) in [7, 11) is 1.57. The molecular formula is C21H28N4O2. The standard InChI is InChI=1S/C21H28N4O2/c1-13-9-14(2)11-17(10-13)25-21(26)24-16-6-5-15(3)18(12-16)19-20(27-4)23-8-7-22-19/h5-8,12-14,17H,9-11H2,1-4H3,(H2,24,25,26). The fourth-order valence-electron chi connectivity index (χ4n) is 4.03. The predicted molar refractivity (Wildman–Crippen MR) is 107 cm³/mol. The average Bonchev–Trinajstić information content (AvgIpc) is 2.62. The molecule has 2 amide bonds. The number of rotatable bonds is 4. The van der Waals surface area contributed by atoms with Gasteiger partial charge in [0.15, 0.2) is 0 Å². The number of nitrogens with zero attached hydrogens (tertiary/aromatic N) is 2. The van der Waals surface area contributed by atoms with E-state index in [0.717, 1.165) is 29.7 Å². The van der Waals surface area contributed by atoms with Crippen LogP contribution in [0.4, 0.5) is 10.5 Å². The molecule has 0 saturated heterocycles. The number of nitrogens with one attached hydrogen (secondary N) is 2. The van der Waals surface area contributed by atoms with Gasteiger partial charge >= 0.3 is 6.03 Å². The van der Waals surface area contributed by atoms with E-state index in [-0.39, 0.29) is 12.1 Å². The van der Waals surface area contributed by atoms with Crippen LogP contribution in [-0.4, -0.2) is 29.2 Å². The van der Waals surface area contributed by atoms with Gasteiger partial charge < -0.3 is 15.4 Å². The van der Waals surface area contributed by atoms with Crippen molar-refractivity contribution in [3.05, 3.63) is 36.2 Å². The number of anilines is 1. The second-order valence-corrected chi connectivity index (χ2v) is 7.66. The number of ether oxygens (including phenoxy) is 1. The Balaban J connectivity index is 1.73. The zero-order valence-corrected chi connectivity index (χ0v) is 16.5. The van der Waals surface area contributed by atoms with E-state index in [1.54, 1.807) is 19.5 Å². The third kappa shape index (κ3) is 4.76. The molecule has 1 heterocycles. The molecule has 2 N–H and O–H groups in total. The molecule has 2 atom stereocenters. The summed E-state index contributed by atoms with van der Waals surface area (Å²) in [6.45, 7) is 6.50. The number of aromatic nitrogens is 2. The van der Waals surface area contributed by atoms with E-state index in [1.807, 2.05) is 25.1 Å². The molecule has 1 aromatic carbocycles. The molecule has 1 aliphatic carbocycles. The minimum absolute atomic E-state index is 0.165. The van der Waals surface area contributed by atoms with Crippen LogP contribution < -0.4 is 15.4 Å². The van der Waals surface area contributed by atoms with E-state index in [2.05, 4.69) is 34.4 Å². The summed E-state index contributed by atoms with van der Waals surface area (Å²) in [5, 5.41) is 6.08. The number of urea groups is 1. The Hall–Kier alpha value is -2.63. The van der Waals surface area contributed by atoms with Crippen molar-refractivity contribution in [1.29, 1.82) is 0 Å². The molecule has 0 aliphatic heterocycles. The van der Waals surface area contributed by atoms with Crippen molar-refractivity contribution in [2.75, 3.05) is 12.4 Å². The molecule has 27 heavy (non-hydrogen) atoms. The summed E-state index contributed by atoms with van der Waals surface area (Å²) in [5.74, 6) is 1.76. The van der Waals surface area contributed by atoms with Gasteiger partial charge in [-0.25, -0.2) is 14.8 Å². The molecule has 0 spiro atoms. The van der Waals surface area contributed by atoms with E-state index in [9.17, 15) is 4.79 Å². The normalized spacial score (nSPS) is 22.1. The highest BCUT2D eigenvalue weighted by Gasteiger charge is 2.25. The van der Waals surface area contributed by atoms with Crippen molar-refractivity contribution in [2.45, 2.75) is 46.1 Å². The Labute approximate surface area is 160 Å². The molecule has 1 aromatic heterocycles. The van der Waals surface area contributed by atoms with E-state index in [1.165, 1.54) is 6.42 Å². The van der Waals surface area contributed by atoms with Crippen LogP contribution in [0.3, 0.4) is 0 Å². The molecule has 6 nitrogen and oxygen atoms in total. The number of amides is 2. The van der Waals surface area contributed by atoms with Crippen LogP contribution in [0.15, 0.2) is 30.6 Å². The van der Waals surface area contributed by atoms with Crippen LogP contribution in [-0.2, 0) is 0 Å². The second kappa shape index (κ2) is 8.37. The van der Waals surface area contributed by atoms with Crippen LogP contribution >= 0.6 is 0 Å². The molecular weight excluding hydrogens is 340 g/mol. The number of carbonyl (C=O) groups excluding carboxylic acids is 1. The first-order valence-electron chi connectivity index (χ1n) is 9.49. The zero-order chi connectivity index (χ0) is 19.4. The maximum atomic E-state index is 12.5. The fraction of sp³-hybridized carbons (Fsp3) is 0.476. The zero-order valence-electron chi connectivity index (χ0n) is 16.5. The van der Waals surface area contributed by atoms with E-state index < -0.39 is 0 Å². The number of benzene rings is 1. The van der Waals surface area contributed by atoms with E-state index >= 15 is 0 Å². The van der Waals surface area contributed by atoms with Crippen molar-refractivity contribution >= 4 is 11.7 Å². The quantitative estimate of drug-likeness (QED) is 0.838. The van der Waals surface area contributed by atoms with Gasteiger partial charge in [0.1, 0.15) is 5.69 Å². The van der Waals surface area contributed by atoms with Gasteiger partial charge in [-0.2, -0.15) is 0 Å². The van der Waals surface area contributed by atoms with Gasteiger partial charge in [0.2, 0.25) is 5.88 Å². The Kier molecular flexibility index (Phi) is 5.94. The summed E-state index contributed by atoms with van der Waals surface area (Å²) in [6, 6.07) is 5.83. The molecule has 144 valence electrons. The molecule has 6 heteroatoms. The maximum Gasteiger partial charge on any atom is 0.319 e. The molecule has 1 fully saturated rings. The number of carbonyl (C=O) groups is 1. The topological polar surface area (TPSA) is 76.1 Å². The summed E-state index contributed by atoms with van der Waals surface area (Å²) < 4.78 is 5.32. The fourth-order valence-corrected chi connectivity index (χ4v) is 4.03. The summed E-state index contributed by atoms with van der Waals surface area (Å²) in [5.41, 5.74) is 3.31. The number of aryl methyl sites for hydroxylation is 1. The largest absolute Gasteiger partial charge is 0.479 e. The lowest BCUT2D eigenvalue weighted by Crippen LogP contribution is -2.42. The Morgan fingerprint density at radius 3 is 2.52 bits per heavy atom. The van der Waals surface area contributed by atoms with Crippen LogP contribution in [0, 0.1) is 18.8 Å². The van der Waals surface area contributed by atoms with Crippen molar-refractivity contribution in [3.8, 4) is 17.1 Å². The average molecular weight is 368 g/mol. The lowest BCUT2D eigenvalue weighted by Gasteiger charge is -2.31. The van der Waals surface area contributed by atoms with Crippen molar-refractivity contribution in [3.63, 3.8) is 0 Å². The van der Waals surface area contributed by atoms with E-state index in [4.69, 9.17) is 4.74 Å². The van der Waals surface area contributed by atoms with Gasteiger partial charge in [-0.1, -0.05) is 19.9 Å². The maximum absolute atomic E-state index is 12.5. The Morgan fingerprint density at radius 1 is 1.11 bits per heavy atom. The summed E-state index contributed by atoms with van der Waals surface area (Å²) in [6.07, 6.45) is 6.54. The van der Waals surface area contributed by atoms with Crippen molar-refractivity contribution in [2.24, 2.45) is 11.8 Å².